The van der Waals surface area contributed by atoms with E-state index in [2.05, 4.69) is 25.0 Å². The molecule has 0 aliphatic carbocycles. The van der Waals surface area contributed by atoms with Gasteiger partial charge in [0, 0.05) is 25.9 Å². The molecule has 0 bridgehead atoms. The normalized spacial score (nSPS) is 11.4. The first kappa shape index (κ1) is 23.2. The second kappa shape index (κ2) is 9.78. The molecule has 0 saturated carbocycles. The van der Waals surface area contributed by atoms with Crippen molar-refractivity contribution in [2.75, 3.05) is 17.1 Å². The molecule has 3 rings (SSSR count). The molecule has 0 spiro atoms. The van der Waals surface area contributed by atoms with Crippen LogP contribution in [0, 0.1) is 12.7 Å². The van der Waals surface area contributed by atoms with Crippen LogP contribution < -0.4 is 19.5 Å². The summed E-state index contributed by atoms with van der Waals surface area (Å²) in [6.45, 7) is -1.15. The summed E-state index contributed by atoms with van der Waals surface area (Å²) >= 11 is 0. The Morgan fingerprint density at radius 2 is 1.88 bits per heavy atom. The molecule has 0 aliphatic rings. The highest BCUT2D eigenvalue weighted by atomic mass is 32.2. The Hall–Kier alpha value is -3.45. The van der Waals surface area contributed by atoms with Gasteiger partial charge in [0.25, 0.3) is 10.2 Å². The Morgan fingerprint density at radius 3 is 2.53 bits per heavy atom. The average Bonchev–Trinajstić information content (AvgIpc) is 2.74. The van der Waals surface area contributed by atoms with Gasteiger partial charge >= 0.3 is 6.61 Å². The first-order valence-electron chi connectivity index (χ1n) is 9.14. The molecule has 0 amide bonds. The highest BCUT2D eigenvalue weighted by molar-refractivity contribution is 7.90. The fraction of sp³-hybridized carbons (Fsp3) is 0.211. The summed E-state index contributed by atoms with van der Waals surface area (Å²) in [5.74, 6) is -0.938. The van der Waals surface area contributed by atoms with E-state index in [4.69, 9.17) is 0 Å². The maximum atomic E-state index is 14.8. The van der Waals surface area contributed by atoms with E-state index < -0.39 is 28.5 Å². The molecule has 0 aromatic carbocycles. The summed E-state index contributed by atoms with van der Waals surface area (Å²) in [6.07, 6.45) is 5.67. The lowest BCUT2D eigenvalue weighted by Gasteiger charge is -2.14. The van der Waals surface area contributed by atoms with Crippen LogP contribution in [0.4, 0.5) is 30.5 Å². The zero-order valence-corrected chi connectivity index (χ0v) is 17.8. The Morgan fingerprint density at radius 1 is 1.09 bits per heavy atom. The number of ether oxygens (including phenoxy) is 1. The lowest BCUT2D eigenvalue weighted by molar-refractivity contribution is -0.0500. The fourth-order valence-corrected chi connectivity index (χ4v) is 3.21. The monoisotopic (exact) mass is 468 g/mol. The number of aromatic nitrogens is 3. The van der Waals surface area contributed by atoms with Gasteiger partial charge in [-0.05, 0) is 41.8 Å². The molecule has 13 heteroatoms. The summed E-state index contributed by atoms with van der Waals surface area (Å²) in [5, 5.41) is 3.02. The second-order valence-corrected chi connectivity index (χ2v) is 8.09. The maximum Gasteiger partial charge on any atom is 0.387 e. The Bertz CT molecular complexity index is 1190. The topological polar surface area (TPSA) is 118 Å². The predicted octanol–water partition coefficient (Wildman–Crippen LogP) is 3.13. The van der Waals surface area contributed by atoms with Gasteiger partial charge < -0.3 is 10.1 Å². The molecular weight excluding hydrogens is 449 g/mol. The molecule has 32 heavy (non-hydrogen) atoms. The summed E-state index contributed by atoms with van der Waals surface area (Å²) in [4.78, 5) is 11.9. The number of nitrogens with zero attached hydrogens (tertiary/aromatic N) is 3. The van der Waals surface area contributed by atoms with Crippen molar-refractivity contribution in [2.45, 2.75) is 20.0 Å². The predicted molar refractivity (Wildman–Crippen MR) is 112 cm³/mol. The van der Waals surface area contributed by atoms with Crippen LogP contribution >= 0.6 is 0 Å². The van der Waals surface area contributed by atoms with E-state index in [-0.39, 0.29) is 17.7 Å². The minimum atomic E-state index is -3.93. The number of halogens is 3. The van der Waals surface area contributed by atoms with Crippen LogP contribution in [0.5, 0.6) is 5.75 Å². The summed E-state index contributed by atoms with van der Waals surface area (Å²) in [5.41, 5.74) is 2.19. The number of rotatable bonds is 9. The smallest absolute Gasteiger partial charge is 0.387 e. The Kier molecular flexibility index (Phi) is 7.10. The van der Waals surface area contributed by atoms with E-state index in [0.717, 1.165) is 11.8 Å². The average molecular weight is 468 g/mol. The van der Waals surface area contributed by atoms with Crippen LogP contribution in [0.1, 0.15) is 16.7 Å². The molecule has 3 aromatic heterocycles. The van der Waals surface area contributed by atoms with E-state index in [9.17, 15) is 21.6 Å². The van der Waals surface area contributed by atoms with Crippen molar-refractivity contribution in [3.05, 3.63) is 65.5 Å². The van der Waals surface area contributed by atoms with Crippen LogP contribution in [-0.4, -0.2) is 37.0 Å². The van der Waals surface area contributed by atoms with Crippen molar-refractivity contribution >= 4 is 27.5 Å². The van der Waals surface area contributed by atoms with E-state index in [1.165, 1.54) is 31.4 Å². The molecule has 9 nitrogen and oxygen atoms in total. The van der Waals surface area contributed by atoms with Gasteiger partial charge in [-0.1, -0.05) is 0 Å². The van der Waals surface area contributed by atoms with Gasteiger partial charge in [-0.3, -0.25) is 9.71 Å². The van der Waals surface area contributed by atoms with E-state index in [0.29, 0.717) is 17.1 Å². The molecular formula is C19H19F3N6O3S. The third-order valence-electron chi connectivity index (χ3n) is 4.39. The maximum absolute atomic E-state index is 14.8. The highest BCUT2D eigenvalue weighted by Crippen LogP contribution is 2.26. The van der Waals surface area contributed by atoms with Gasteiger partial charge in [0.15, 0.2) is 11.6 Å². The molecule has 170 valence electrons. The zero-order chi connectivity index (χ0) is 23.3. The van der Waals surface area contributed by atoms with Gasteiger partial charge in [0.1, 0.15) is 11.6 Å². The zero-order valence-electron chi connectivity index (χ0n) is 16.9. The SMILES string of the molecule is CNS(=O)(=O)Nc1nccc(Cc2cncc(Nc3ccc(OC(F)F)cn3)c2C)c1F. The number of pyridine rings is 3. The van der Waals surface area contributed by atoms with E-state index in [1.807, 2.05) is 9.44 Å². The number of hydrogen-bond donors (Lipinski definition) is 3. The highest BCUT2D eigenvalue weighted by Gasteiger charge is 2.16. The van der Waals surface area contributed by atoms with Gasteiger partial charge in [-0.25, -0.2) is 19.1 Å². The number of nitrogens with one attached hydrogen (secondary N) is 3. The molecule has 0 radical (unpaired) electrons. The van der Waals surface area contributed by atoms with Crippen molar-refractivity contribution in [2.24, 2.45) is 0 Å². The summed E-state index contributed by atoms with van der Waals surface area (Å²) in [7, 11) is -2.74. The first-order chi connectivity index (χ1) is 15.2. The van der Waals surface area contributed by atoms with Gasteiger partial charge in [-0.2, -0.15) is 17.2 Å². The quantitative estimate of drug-likeness (QED) is 0.442. The lowest BCUT2D eigenvalue weighted by Crippen LogP contribution is -2.27. The molecule has 0 saturated heterocycles. The largest absolute Gasteiger partial charge is 0.433 e. The summed E-state index contributed by atoms with van der Waals surface area (Å²) < 4.78 is 70.9. The van der Waals surface area contributed by atoms with Gasteiger partial charge in [0.2, 0.25) is 0 Å². The summed E-state index contributed by atoms with van der Waals surface area (Å²) in [6, 6.07) is 4.25. The molecule has 0 aliphatic heterocycles. The van der Waals surface area contributed by atoms with Crippen molar-refractivity contribution in [1.29, 1.82) is 0 Å². The molecule has 0 unspecified atom stereocenters. The number of anilines is 3. The minimum Gasteiger partial charge on any atom is -0.433 e. The van der Waals surface area contributed by atoms with Crippen LogP contribution in [0.2, 0.25) is 0 Å². The van der Waals surface area contributed by atoms with E-state index >= 15 is 0 Å². The number of hydrogen-bond acceptors (Lipinski definition) is 7. The van der Waals surface area contributed by atoms with E-state index in [1.54, 1.807) is 19.3 Å². The van der Waals surface area contributed by atoms with Crippen molar-refractivity contribution in [3.63, 3.8) is 0 Å². The molecule has 3 heterocycles. The van der Waals surface area contributed by atoms with Crippen molar-refractivity contribution in [1.82, 2.24) is 19.7 Å². The van der Waals surface area contributed by atoms with Gasteiger partial charge in [0.05, 0.1) is 18.1 Å². The van der Waals surface area contributed by atoms with Crippen molar-refractivity contribution in [3.8, 4) is 5.75 Å². The number of alkyl halides is 2. The van der Waals surface area contributed by atoms with Crippen molar-refractivity contribution < 1.29 is 26.3 Å². The molecule has 0 atom stereocenters. The Balaban J connectivity index is 1.80. The molecule has 3 aromatic rings. The van der Waals surface area contributed by atoms with Crippen LogP contribution in [0.25, 0.3) is 0 Å². The fourth-order valence-electron chi connectivity index (χ4n) is 2.71. The lowest BCUT2D eigenvalue weighted by atomic mass is 10.0. The first-order valence-corrected chi connectivity index (χ1v) is 10.6. The Labute approximate surface area is 182 Å². The second-order valence-electron chi connectivity index (χ2n) is 6.47. The van der Waals surface area contributed by atoms with Crippen LogP contribution in [0.15, 0.2) is 43.0 Å². The standard InChI is InChI=1S/C19H19F3N6O3S/c1-11-13(7-12-5-6-25-18(17(12)20)28-32(29,30)23-2)8-24-10-15(11)27-16-4-3-14(9-26-16)31-19(21)22/h3-6,8-10,19,23H,7H2,1-2H3,(H,25,28)(H,26,27). The molecule has 3 N–H and O–H groups in total. The third-order valence-corrected chi connectivity index (χ3v) is 5.39. The van der Waals surface area contributed by atoms with Gasteiger partial charge in [-0.15, -0.1) is 0 Å². The van der Waals surface area contributed by atoms with Crippen LogP contribution in [-0.2, 0) is 16.6 Å². The third kappa shape index (κ3) is 5.82. The van der Waals surface area contributed by atoms with Crippen LogP contribution in [0.3, 0.4) is 0 Å². The minimum absolute atomic E-state index is 0.0768. The molecule has 0 fully saturated rings.